The fourth-order valence-corrected chi connectivity index (χ4v) is 9.30. The van der Waals surface area contributed by atoms with Crippen LogP contribution in [0.25, 0.3) is 25.1 Å². The molecule has 3 aromatic carbocycles. The topological polar surface area (TPSA) is 61.8 Å². The molecule has 5 unspecified atom stereocenters. The third kappa shape index (κ3) is 3.20. The fourth-order valence-electron chi connectivity index (χ4n) is 6.74. The largest absolute Gasteiger partial charge is 0.481 e. The Morgan fingerprint density at radius 1 is 0.972 bits per heavy atom. The van der Waals surface area contributed by atoms with Gasteiger partial charge in [0.2, 0.25) is 0 Å². The molecule has 5 nitrogen and oxygen atoms in total. The third-order valence-corrected chi connectivity index (χ3v) is 10.5. The molecule has 2 heterocycles. The van der Waals surface area contributed by atoms with Crippen LogP contribution in [0.4, 0.5) is 0 Å². The predicted molar refractivity (Wildman–Crippen MR) is 140 cm³/mol. The van der Waals surface area contributed by atoms with E-state index in [0.717, 1.165) is 29.7 Å². The second kappa shape index (κ2) is 8.07. The SMILES string of the molecule is Cc1cc(-[s+]2c3ccccc3c3ccccc32)cc(C)c1OCC(=O)OC1C2CC3C(=O)OC1C3C2. The Hall–Kier alpha value is -3.38. The van der Waals surface area contributed by atoms with Crippen LogP contribution in [-0.4, -0.2) is 30.8 Å². The third-order valence-electron chi connectivity index (χ3n) is 8.19. The average Bonchev–Trinajstić information content (AvgIpc) is 3.58. The molecule has 0 amide bonds. The minimum Gasteiger partial charge on any atom is -0.481 e. The van der Waals surface area contributed by atoms with Crippen molar-refractivity contribution in [2.75, 3.05) is 6.61 Å². The first kappa shape index (κ1) is 21.9. The lowest BCUT2D eigenvalue weighted by Crippen LogP contribution is -2.37. The van der Waals surface area contributed by atoms with E-state index in [0.29, 0.717) is 0 Å². The maximum Gasteiger partial charge on any atom is 0.344 e. The molecule has 2 bridgehead atoms. The van der Waals surface area contributed by atoms with Crippen LogP contribution < -0.4 is 4.74 Å². The van der Waals surface area contributed by atoms with Crippen LogP contribution in [0.3, 0.4) is 0 Å². The molecule has 2 aliphatic carbocycles. The normalized spacial score (nSPS) is 26.1. The monoisotopic (exact) mass is 499 g/mol. The molecule has 1 saturated heterocycles. The summed E-state index contributed by atoms with van der Waals surface area (Å²) in [6, 6.07) is 21.6. The van der Waals surface area contributed by atoms with Gasteiger partial charge in [0.05, 0.1) is 5.92 Å². The molecule has 3 aliphatic rings. The predicted octanol–water partition coefficient (Wildman–Crippen LogP) is 6.22. The number of carbonyl (C=O) groups excluding carboxylic acids is 2. The van der Waals surface area contributed by atoms with E-state index in [1.807, 2.05) is 13.8 Å². The van der Waals surface area contributed by atoms with E-state index in [4.69, 9.17) is 14.2 Å². The quantitative estimate of drug-likeness (QED) is 0.241. The zero-order chi connectivity index (χ0) is 24.6. The van der Waals surface area contributed by atoms with E-state index in [9.17, 15) is 9.59 Å². The van der Waals surface area contributed by atoms with Crippen molar-refractivity contribution in [3.63, 3.8) is 0 Å². The Kier molecular flexibility index (Phi) is 4.90. The highest BCUT2D eigenvalue weighted by molar-refractivity contribution is 7.50. The summed E-state index contributed by atoms with van der Waals surface area (Å²) in [5.74, 6) is 0.637. The molecule has 6 heteroatoms. The minimum absolute atomic E-state index is 0.00882. The van der Waals surface area contributed by atoms with Crippen LogP contribution in [0.15, 0.2) is 60.7 Å². The van der Waals surface area contributed by atoms with Gasteiger partial charge in [0, 0.05) is 45.2 Å². The number of ether oxygens (including phenoxy) is 3. The number of rotatable bonds is 5. The summed E-state index contributed by atoms with van der Waals surface area (Å²) in [5.41, 5.74) is 2.00. The molecule has 3 fully saturated rings. The van der Waals surface area contributed by atoms with Gasteiger partial charge in [0.15, 0.2) is 20.9 Å². The van der Waals surface area contributed by atoms with Crippen molar-refractivity contribution in [2.45, 2.75) is 38.9 Å². The van der Waals surface area contributed by atoms with Crippen LogP contribution in [0.1, 0.15) is 24.0 Å². The van der Waals surface area contributed by atoms with Gasteiger partial charge in [-0.2, -0.15) is 0 Å². The maximum atomic E-state index is 12.7. The van der Waals surface area contributed by atoms with E-state index in [2.05, 4.69) is 60.7 Å². The second-order valence-corrected chi connectivity index (χ2v) is 12.3. The lowest BCUT2D eigenvalue weighted by atomic mass is 9.88. The minimum atomic E-state index is -0.407. The summed E-state index contributed by atoms with van der Waals surface area (Å²) < 4.78 is 20.0. The molecule has 0 radical (unpaired) electrons. The number of carbonyl (C=O) groups is 2. The van der Waals surface area contributed by atoms with Crippen LogP contribution in [0.2, 0.25) is 0 Å². The van der Waals surface area contributed by atoms with Gasteiger partial charge in [0.1, 0.15) is 18.0 Å². The smallest absolute Gasteiger partial charge is 0.344 e. The Morgan fingerprint density at radius 2 is 1.61 bits per heavy atom. The lowest BCUT2D eigenvalue weighted by molar-refractivity contribution is -0.163. The molecule has 0 N–H and O–H groups in total. The average molecular weight is 500 g/mol. The molecule has 1 aliphatic heterocycles. The first-order valence-corrected chi connectivity index (χ1v) is 13.8. The number of hydrogen-bond donors (Lipinski definition) is 0. The van der Waals surface area contributed by atoms with Crippen molar-refractivity contribution < 1.29 is 23.8 Å². The van der Waals surface area contributed by atoms with Gasteiger partial charge in [-0.3, -0.25) is 4.79 Å². The van der Waals surface area contributed by atoms with Gasteiger partial charge >= 0.3 is 11.9 Å². The molecule has 2 saturated carbocycles. The molecule has 0 spiro atoms. The molecule has 36 heavy (non-hydrogen) atoms. The van der Waals surface area contributed by atoms with Gasteiger partial charge in [-0.1, -0.05) is 24.3 Å². The number of hydrogen-bond acceptors (Lipinski definition) is 5. The van der Waals surface area contributed by atoms with Crippen LogP contribution in [-0.2, 0) is 19.1 Å². The van der Waals surface area contributed by atoms with Gasteiger partial charge in [0.25, 0.3) is 0 Å². The first-order chi connectivity index (χ1) is 17.5. The standard InChI is InChI=1S/C30H27O5S/c1-16-11-19(36-24-9-5-3-7-20(24)21-8-4-6-10-25(21)36)12-17(2)27(16)33-15-26(31)34-28-18-13-22-23(14-18)30(32)35-29(22)28/h3-12,18,22-23,28-29H,13-15H2,1-2H3/q+1. The second-order valence-electron chi connectivity index (χ2n) is 10.3. The Balaban J connectivity index is 1.12. The van der Waals surface area contributed by atoms with Gasteiger partial charge in [-0.25, -0.2) is 4.79 Å². The fraction of sp³-hybridized carbons (Fsp3) is 0.333. The summed E-state index contributed by atoms with van der Waals surface area (Å²) >= 11 is 0. The molecular weight excluding hydrogens is 472 g/mol. The zero-order valence-corrected chi connectivity index (χ0v) is 21.0. The number of benzene rings is 3. The van der Waals surface area contributed by atoms with Crippen molar-refractivity contribution in [1.82, 2.24) is 0 Å². The first-order valence-electron chi connectivity index (χ1n) is 12.6. The number of fused-ring (bicyclic) bond motifs is 4. The maximum absolute atomic E-state index is 12.7. The van der Waals surface area contributed by atoms with E-state index < -0.39 is 5.97 Å². The van der Waals surface area contributed by atoms with Gasteiger partial charge in [-0.05, 0) is 62.1 Å². The van der Waals surface area contributed by atoms with Crippen LogP contribution >= 0.6 is 10.5 Å². The van der Waals surface area contributed by atoms with Crippen molar-refractivity contribution in [3.05, 3.63) is 71.8 Å². The van der Waals surface area contributed by atoms with E-state index >= 15 is 0 Å². The highest BCUT2D eigenvalue weighted by Crippen LogP contribution is 2.55. The van der Waals surface area contributed by atoms with Crippen molar-refractivity contribution in [3.8, 4) is 10.6 Å². The summed E-state index contributed by atoms with van der Waals surface area (Å²) in [5, 5.41) is 2.60. The number of esters is 2. The van der Waals surface area contributed by atoms with Gasteiger partial charge < -0.3 is 14.2 Å². The number of thiophene rings is 1. The Labute approximate surface area is 211 Å². The van der Waals surface area contributed by atoms with Crippen molar-refractivity contribution in [1.29, 1.82) is 0 Å². The van der Waals surface area contributed by atoms with E-state index in [1.165, 1.54) is 25.1 Å². The van der Waals surface area contributed by atoms with E-state index in [-0.39, 0.29) is 53.0 Å². The Morgan fingerprint density at radius 3 is 2.28 bits per heavy atom. The molecule has 5 atom stereocenters. The highest BCUT2D eigenvalue weighted by Gasteiger charge is 2.63. The molecule has 1 aromatic heterocycles. The summed E-state index contributed by atoms with van der Waals surface area (Å²) in [7, 11) is -0.179. The Bertz CT molecular complexity index is 1480. The molecular formula is C30H27O5S+. The lowest BCUT2D eigenvalue weighted by Gasteiger charge is -2.25. The summed E-state index contributed by atoms with van der Waals surface area (Å²) in [6.45, 7) is 3.90. The number of aryl methyl sites for hydroxylation is 2. The molecule has 182 valence electrons. The van der Waals surface area contributed by atoms with Crippen molar-refractivity contribution in [2.24, 2.45) is 17.8 Å². The highest BCUT2D eigenvalue weighted by atomic mass is 32.2. The van der Waals surface area contributed by atoms with Crippen molar-refractivity contribution >= 4 is 42.6 Å². The van der Waals surface area contributed by atoms with E-state index in [1.54, 1.807) is 0 Å². The molecule has 4 aromatic rings. The summed E-state index contributed by atoms with van der Waals surface area (Å²) in [6.07, 6.45) is 1.08. The molecule has 7 rings (SSSR count). The van der Waals surface area contributed by atoms with Crippen LogP contribution in [0, 0.1) is 31.6 Å². The van der Waals surface area contributed by atoms with Crippen LogP contribution in [0.5, 0.6) is 5.75 Å². The zero-order valence-electron chi connectivity index (χ0n) is 20.2. The van der Waals surface area contributed by atoms with Gasteiger partial charge in [-0.15, -0.1) is 0 Å². The summed E-state index contributed by atoms with van der Waals surface area (Å²) in [4.78, 5) is 25.9.